The lowest BCUT2D eigenvalue weighted by molar-refractivity contribution is -0.150. The number of hydrogen-bond donors (Lipinski definition) is 2. The number of carbonyl (C=O) groups is 1. The summed E-state index contributed by atoms with van der Waals surface area (Å²) < 4.78 is 4.38. The van der Waals surface area contributed by atoms with E-state index in [4.69, 9.17) is 0 Å². The van der Waals surface area contributed by atoms with Gasteiger partial charge in [-0.15, -0.1) is 0 Å². The Balaban J connectivity index is 1.79. The van der Waals surface area contributed by atoms with Gasteiger partial charge in [0.25, 0.3) is 0 Å². The van der Waals surface area contributed by atoms with Crippen molar-refractivity contribution in [2.75, 3.05) is 11.9 Å². The fourth-order valence-electron chi connectivity index (χ4n) is 2.96. The molecule has 0 amide bonds. The minimum Gasteiger partial charge on any atom is -0.481 e. The number of carboxylic acid groups (broad SMARTS) is 1. The van der Waals surface area contributed by atoms with Crippen LogP contribution in [0.4, 0.5) is 5.00 Å². The Morgan fingerprint density at radius 3 is 2.80 bits per heavy atom. The SMILES string of the molecule is O=C(O)C1(CNc2snc3ccccc23)CCCCC1. The molecule has 2 aromatic rings. The third kappa shape index (κ3) is 2.38. The second-order valence-corrected chi connectivity index (χ2v) is 6.30. The van der Waals surface area contributed by atoms with Crippen LogP contribution in [0.5, 0.6) is 0 Å². The summed E-state index contributed by atoms with van der Waals surface area (Å²) in [5.74, 6) is -0.668. The summed E-state index contributed by atoms with van der Waals surface area (Å²) in [7, 11) is 0. The second-order valence-electron chi connectivity index (χ2n) is 5.53. The van der Waals surface area contributed by atoms with Crippen LogP contribution in [-0.2, 0) is 4.79 Å². The van der Waals surface area contributed by atoms with Crippen molar-refractivity contribution in [3.05, 3.63) is 24.3 Å². The minimum atomic E-state index is -0.668. The molecule has 0 atom stereocenters. The first kappa shape index (κ1) is 13.4. The molecule has 0 bridgehead atoms. The highest BCUT2D eigenvalue weighted by molar-refractivity contribution is 7.11. The lowest BCUT2D eigenvalue weighted by atomic mass is 9.74. The molecule has 1 aliphatic rings. The predicted octanol–water partition coefficient (Wildman–Crippen LogP) is 3.74. The van der Waals surface area contributed by atoms with Gasteiger partial charge in [-0.25, -0.2) is 0 Å². The molecule has 1 heterocycles. The first-order chi connectivity index (χ1) is 9.71. The average Bonchev–Trinajstić information content (AvgIpc) is 2.89. The van der Waals surface area contributed by atoms with Gasteiger partial charge in [0, 0.05) is 11.9 Å². The number of aliphatic carboxylic acids is 1. The maximum Gasteiger partial charge on any atom is 0.311 e. The molecule has 1 aromatic heterocycles. The molecule has 1 fully saturated rings. The molecular weight excluding hydrogens is 272 g/mol. The molecule has 1 aliphatic carbocycles. The summed E-state index contributed by atoms with van der Waals surface area (Å²) >= 11 is 1.41. The Labute approximate surface area is 122 Å². The van der Waals surface area contributed by atoms with Gasteiger partial charge in [0.15, 0.2) is 0 Å². The number of anilines is 1. The lowest BCUT2D eigenvalue weighted by Crippen LogP contribution is -2.39. The van der Waals surface area contributed by atoms with Gasteiger partial charge >= 0.3 is 5.97 Å². The van der Waals surface area contributed by atoms with E-state index in [0.717, 1.165) is 48.0 Å². The number of nitrogens with zero attached hydrogens (tertiary/aromatic N) is 1. The van der Waals surface area contributed by atoms with Crippen molar-refractivity contribution in [1.29, 1.82) is 0 Å². The molecule has 106 valence electrons. The van der Waals surface area contributed by atoms with Gasteiger partial charge in [-0.05, 0) is 36.5 Å². The van der Waals surface area contributed by atoms with Gasteiger partial charge in [0.2, 0.25) is 0 Å². The van der Waals surface area contributed by atoms with E-state index in [2.05, 4.69) is 9.69 Å². The topological polar surface area (TPSA) is 62.2 Å². The van der Waals surface area contributed by atoms with Crippen molar-refractivity contribution in [2.45, 2.75) is 32.1 Å². The Morgan fingerprint density at radius 1 is 1.30 bits per heavy atom. The maximum atomic E-state index is 11.6. The molecule has 0 spiro atoms. The van der Waals surface area contributed by atoms with Gasteiger partial charge < -0.3 is 10.4 Å². The van der Waals surface area contributed by atoms with Crippen molar-refractivity contribution < 1.29 is 9.90 Å². The van der Waals surface area contributed by atoms with Crippen molar-refractivity contribution in [2.24, 2.45) is 5.41 Å². The highest BCUT2D eigenvalue weighted by Crippen LogP contribution is 2.38. The van der Waals surface area contributed by atoms with Gasteiger partial charge in [-0.3, -0.25) is 4.79 Å². The maximum absolute atomic E-state index is 11.6. The molecule has 1 aromatic carbocycles. The van der Waals surface area contributed by atoms with Crippen LogP contribution >= 0.6 is 11.5 Å². The standard InChI is InChI=1S/C15H18N2O2S/c18-14(19)15(8-4-1-5-9-15)10-16-13-11-6-2-3-7-12(11)17-20-13/h2-3,6-7,16H,1,4-5,8-10H2,(H,18,19). The first-order valence-electron chi connectivity index (χ1n) is 7.03. The van der Waals surface area contributed by atoms with E-state index in [-0.39, 0.29) is 0 Å². The van der Waals surface area contributed by atoms with Gasteiger partial charge in [-0.1, -0.05) is 31.4 Å². The van der Waals surface area contributed by atoms with Crippen molar-refractivity contribution in [3.8, 4) is 0 Å². The monoisotopic (exact) mass is 290 g/mol. The quantitative estimate of drug-likeness (QED) is 0.900. The molecule has 0 radical (unpaired) electrons. The van der Waals surface area contributed by atoms with Crippen molar-refractivity contribution >= 4 is 33.4 Å². The Morgan fingerprint density at radius 2 is 2.05 bits per heavy atom. The molecule has 5 heteroatoms. The van der Waals surface area contributed by atoms with Crippen LogP contribution in [0.25, 0.3) is 10.9 Å². The lowest BCUT2D eigenvalue weighted by Gasteiger charge is -2.33. The van der Waals surface area contributed by atoms with Crippen LogP contribution in [0.3, 0.4) is 0 Å². The van der Waals surface area contributed by atoms with Crippen molar-refractivity contribution in [1.82, 2.24) is 4.37 Å². The Bertz CT molecular complexity index is 617. The van der Waals surface area contributed by atoms with Crippen molar-refractivity contribution in [3.63, 3.8) is 0 Å². The molecule has 0 unspecified atom stereocenters. The summed E-state index contributed by atoms with van der Waals surface area (Å²) in [6.45, 7) is 0.495. The number of carboxylic acids is 1. The summed E-state index contributed by atoms with van der Waals surface area (Å²) in [6, 6.07) is 7.95. The molecule has 3 rings (SSSR count). The van der Waals surface area contributed by atoms with Gasteiger partial charge in [0.05, 0.1) is 10.9 Å². The summed E-state index contributed by atoms with van der Waals surface area (Å²) in [6.07, 6.45) is 4.71. The third-order valence-corrected chi connectivity index (χ3v) is 5.07. The number of benzene rings is 1. The van der Waals surface area contributed by atoms with Crippen LogP contribution in [0, 0.1) is 5.41 Å². The van der Waals surface area contributed by atoms with Crippen LogP contribution in [0.15, 0.2) is 24.3 Å². The zero-order valence-electron chi connectivity index (χ0n) is 11.3. The normalized spacial score (nSPS) is 18.0. The third-order valence-electron chi connectivity index (χ3n) is 4.24. The van der Waals surface area contributed by atoms with Gasteiger partial charge in [0.1, 0.15) is 5.00 Å². The van der Waals surface area contributed by atoms with E-state index in [1.165, 1.54) is 11.5 Å². The average molecular weight is 290 g/mol. The van der Waals surface area contributed by atoms with Crippen LogP contribution in [0.1, 0.15) is 32.1 Å². The number of hydrogen-bond acceptors (Lipinski definition) is 4. The summed E-state index contributed by atoms with van der Waals surface area (Å²) in [5.41, 5.74) is 0.358. The van der Waals surface area contributed by atoms with E-state index in [9.17, 15) is 9.90 Å². The number of rotatable bonds is 4. The van der Waals surface area contributed by atoms with Crippen LogP contribution in [0.2, 0.25) is 0 Å². The van der Waals surface area contributed by atoms with E-state index < -0.39 is 11.4 Å². The first-order valence-corrected chi connectivity index (χ1v) is 7.80. The molecular formula is C15H18N2O2S. The Kier molecular flexibility index (Phi) is 3.61. The molecule has 0 aliphatic heterocycles. The number of aromatic nitrogens is 1. The highest BCUT2D eigenvalue weighted by Gasteiger charge is 2.39. The fraction of sp³-hybridized carbons (Fsp3) is 0.467. The molecule has 4 nitrogen and oxygen atoms in total. The van der Waals surface area contributed by atoms with Gasteiger partial charge in [-0.2, -0.15) is 4.37 Å². The van der Waals surface area contributed by atoms with E-state index in [1.807, 2.05) is 24.3 Å². The van der Waals surface area contributed by atoms with Crippen LogP contribution in [-0.4, -0.2) is 22.0 Å². The predicted molar refractivity (Wildman–Crippen MR) is 81.3 cm³/mol. The molecule has 2 N–H and O–H groups in total. The Hall–Kier alpha value is -1.62. The fourth-order valence-corrected chi connectivity index (χ4v) is 3.72. The summed E-state index contributed by atoms with van der Waals surface area (Å²) in [5, 5.41) is 15.0. The largest absolute Gasteiger partial charge is 0.481 e. The molecule has 0 saturated heterocycles. The van der Waals surface area contributed by atoms with E-state index >= 15 is 0 Å². The number of fused-ring (bicyclic) bond motifs is 1. The smallest absolute Gasteiger partial charge is 0.311 e. The molecule has 1 saturated carbocycles. The minimum absolute atomic E-state index is 0.495. The second kappa shape index (κ2) is 5.40. The highest BCUT2D eigenvalue weighted by atomic mass is 32.1. The molecule has 20 heavy (non-hydrogen) atoms. The zero-order valence-corrected chi connectivity index (χ0v) is 12.1. The zero-order chi connectivity index (χ0) is 14.0. The van der Waals surface area contributed by atoms with Crippen LogP contribution < -0.4 is 5.32 Å². The van der Waals surface area contributed by atoms with E-state index in [0.29, 0.717) is 6.54 Å². The number of nitrogens with one attached hydrogen (secondary N) is 1. The summed E-state index contributed by atoms with van der Waals surface area (Å²) in [4.78, 5) is 11.6. The van der Waals surface area contributed by atoms with E-state index in [1.54, 1.807) is 0 Å².